The van der Waals surface area contributed by atoms with Crippen molar-refractivity contribution in [3.63, 3.8) is 0 Å². The Labute approximate surface area is 151 Å². The number of nitrogens with zero attached hydrogens (tertiary/aromatic N) is 1. The molecule has 2 aromatic carbocycles. The Hall–Kier alpha value is -1.59. The van der Waals surface area contributed by atoms with Gasteiger partial charge in [0.1, 0.15) is 5.75 Å². The zero-order chi connectivity index (χ0) is 17.1. The number of amides is 1. The lowest BCUT2D eigenvalue weighted by molar-refractivity contribution is 0.0983. The summed E-state index contributed by atoms with van der Waals surface area (Å²) in [6, 6.07) is 13.9. The Bertz CT molecular complexity index is 748. The first-order valence-electron chi connectivity index (χ1n) is 7.93. The highest BCUT2D eigenvalue weighted by Crippen LogP contribution is 2.38. The van der Waals surface area contributed by atoms with Gasteiger partial charge in [0.05, 0.1) is 18.4 Å². The number of ether oxygens (including phenoxy) is 1. The smallest absolute Gasteiger partial charge is 0.262 e. The van der Waals surface area contributed by atoms with E-state index in [0.29, 0.717) is 16.6 Å². The molecule has 3 nitrogen and oxygen atoms in total. The molecule has 24 heavy (non-hydrogen) atoms. The van der Waals surface area contributed by atoms with Crippen molar-refractivity contribution in [1.29, 1.82) is 0 Å². The fourth-order valence-corrected chi connectivity index (χ4v) is 4.36. The quantitative estimate of drug-likeness (QED) is 0.725. The summed E-state index contributed by atoms with van der Waals surface area (Å²) in [6.45, 7) is 2.93. The van der Waals surface area contributed by atoms with Gasteiger partial charge in [0.15, 0.2) is 0 Å². The Morgan fingerprint density at radius 3 is 2.83 bits per heavy atom. The fourth-order valence-electron chi connectivity index (χ4n) is 2.82. The summed E-state index contributed by atoms with van der Waals surface area (Å²) < 4.78 is 5.47. The molecule has 3 rings (SSSR count). The van der Waals surface area contributed by atoms with Crippen molar-refractivity contribution in [2.45, 2.75) is 28.4 Å². The number of fused-ring (bicyclic) bond motifs is 1. The minimum absolute atomic E-state index is 0.00153. The molecule has 1 atom stereocenters. The van der Waals surface area contributed by atoms with Gasteiger partial charge < -0.3 is 9.64 Å². The molecule has 0 bridgehead atoms. The van der Waals surface area contributed by atoms with Crippen LogP contribution in [-0.2, 0) is 0 Å². The Morgan fingerprint density at radius 2 is 2.08 bits per heavy atom. The highest BCUT2D eigenvalue weighted by atomic mass is 32.2. The lowest BCUT2D eigenvalue weighted by Crippen LogP contribution is -2.32. The van der Waals surface area contributed by atoms with Gasteiger partial charge in [0, 0.05) is 21.6 Å². The zero-order valence-corrected chi connectivity index (χ0v) is 15.7. The zero-order valence-electron chi connectivity index (χ0n) is 14.1. The summed E-state index contributed by atoms with van der Waals surface area (Å²) in [5, 5.41) is 0.490. The molecule has 1 heterocycles. The Morgan fingerprint density at radius 1 is 1.29 bits per heavy atom. The van der Waals surface area contributed by atoms with Crippen molar-refractivity contribution in [3.05, 3.63) is 48.0 Å². The first-order chi connectivity index (χ1) is 11.6. The van der Waals surface area contributed by atoms with Gasteiger partial charge in [-0.25, -0.2) is 0 Å². The SMILES string of the molecule is COc1cc(SC)ccc1C(=O)N1CC[C@@H](C)Sc2ccccc21. The van der Waals surface area contributed by atoms with E-state index in [1.54, 1.807) is 18.9 Å². The predicted octanol–water partition coefficient (Wildman–Crippen LogP) is 4.95. The standard InChI is InChI=1S/C19H21NO2S2/c1-13-10-11-20(16-6-4-5-7-18(16)24-13)19(21)15-9-8-14(23-3)12-17(15)22-2/h4-9,12-13H,10-11H2,1-3H3/t13-/m1/s1. The molecule has 0 radical (unpaired) electrons. The van der Waals surface area contributed by atoms with Gasteiger partial charge in [-0.1, -0.05) is 19.1 Å². The van der Waals surface area contributed by atoms with Crippen LogP contribution >= 0.6 is 23.5 Å². The van der Waals surface area contributed by atoms with Crippen molar-refractivity contribution in [3.8, 4) is 5.75 Å². The van der Waals surface area contributed by atoms with E-state index in [9.17, 15) is 4.79 Å². The molecule has 0 saturated heterocycles. The molecule has 126 valence electrons. The van der Waals surface area contributed by atoms with Crippen molar-refractivity contribution in [2.75, 3.05) is 24.8 Å². The van der Waals surface area contributed by atoms with Crippen molar-refractivity contribution >= 4 is 35.1 Å². The number of carbonyl (C=O) groups is 1. The third-order valence-corrected chi connectivity index (χ3v) is 6.09. The van der Waals surface area contributed by atoms with Gasteiger partial charge in [-0.05, 0) is 43.0 Å². The molecule has 5 heteroatoms. The Balaban J connectivity index is 2.01. The molecule has 0 fully saturated rings. The highest BCUT2D eigenvalue weighted by Gasteiger charge is 2.26. The molecule has 0 N–H and O–H groups in total. The highest BCUT2D eigenvalue weighted by molar-refractivity contribution is 8.00. The molecule has 1 aliphatic heterocycles. The van der Waals surface area contributed by atoms with Gasteiger partial charge in [-0.2, -0.15) is 0 Å². The van der Waals surface area contributed by atoms with E-state index >= 15 is 0 Å². The van der Waals surface area contributed by atoms with Crippen LogP contribution < -0.4 is 9.64 Å². The largest absolute Gasteiger partial charge is 0.496 e. The molecule has 1 aliphatic rings. The van der Waals surface area contributed by atoms with Crippen LogP contribution in [0.2, 0.25) is 0 Å². The van der Waals surface area contributed by atoms with E-state index in [2.05, 4.69) is 13.0 Å². The average Bonchev–Trinajstić information content (AvgIpc) is 2.78. The van der Waals surface area contributed by atoms with Crippen LogP contribution in [-0.4, -0.2) is 31.1 Å². The number of hydrogen-bond donors (Lipinski definition) is 0. The van der Waals surface area contributed by atoms with Crippen LogP contribution in [0.4, 0.5) is 5.69 Å². The summed E-state index contributed by atoms with van der Waals surface area (Å²) in [6.07, 6.45) is 2.98. The van der Waals surface area contributed by atoms with Gasteiger partial charge in [0.25, 0.3) is 5.91 Å². The normalized spacial score (nSPS) is 17.1. The molecule has 0 unspecified atom stereocenters. The summed E-state index contributed by atoms with van der Waals surface area (Å²) in [5.74, 6) is 0.635. The minimum atomic E-state index is 0.00153. The lowest BCUT2D eigenvalue weighted by Gasteiger charge is -2.23. The second kappa shape index (κ2) is 7.53. The number of hydrogen-bond acceptors (Lipinski definition) is 4. The summed E-state index contributed by atoms with van der Waals surface area (Å²) in [7, 11) is 1.62. The maximum atomic E-state index is 13.2. The third kappa shape index (κ3) is 3.42. The molecule has 0 aromatic heterocycles. The van der Waals surface area contributed by atoms with E-state index in [1.165, 1.54) is 0 Å². The van der Waals surface area contributed by atoms with Crippen LogP contribution in [0.15, 0.2) is 52.3 Å². The van der Waals surface area contributed by atoms with Crippen LogP contribution in [0.1, 0.15) is 23.7 Å². The number of benzene rings is 2. The predicted molar refractivity (Wildman–Crippen MR) is 103 cm³/mol. The van der Waals surface area contributed by atoms with Gasteiger partial charge in [0.2, 0.25) is 0 Å². The van der Waals surface area contributed by atoms with E-state index in [4.69, 9.17) is 4.74 Å². The molecule has 2 aromatic rings. The summed E-state index contributed by atoms with van der Waals surface area (Å²) in [5.41, 5.74) is 1.61. The summed E-state index contributed by atoms with van der Waals surface area (Å²) >= 11 is 3.47. The van der Waals surface area contributed by atoms with E-state index < -0.39 is 0 Å². The molecule has 1 amide bonds. The maximum absolute atomic E-state index is 13.2. The molecule has 0 saturated carbocycles. The van der Waals surface area contributed by atoms with Crippen LogP contribution in [0.5, 0.6) is 5.75 Å². The first-order valence-corrected chi connectivity index (χ1v) is 10.0. The van der Waals surface area contributed by atoms with Crippen LogP contribution in [0.3, 0.4) is 0 Å². The van der Waals surface area contributed by atoms with E-state index in [1.807, 2.05) is 59.3 Å². The average molecular weight is 360 g/mol. The fraction of sp³-hybridized carbons (Fsp3) is 0.316. The number of para-hydroxylation sites is 1. The number of thioether (sulfide) groups is 2. The number of methoxy groups -OCH3 is 1. The van der Waals surface area contributed by atoms with Gasteiger partial charge in [-0.15, -0.1) is 23.5 Å². The molecule has 0 aliphatic carbocycles. The number of rotatable bonds is 3. The van der Waals surface area contributed by atoms with Crippen LogP contribution in [0.25, 0.3) is 0 Å². The first kappa shape index (κ1) is 17.2. The van der Waals surface area contributed by atoms with Crippen LogP contribution in [0, 0.1) is 0 Å². The van der Waals surface area contributed by atoms with Gasteiger partial charge in [-0.3, -0.25) is 4.79 Å². The van der Waals surface area contributed by atoms with Crippen molar-refractivity contribution in [1.82, 2.24) is 0 Å². The molecular weight excluding hydrogens is 338 g/mol. The van der Waals surface area contributed by atoms with Gasteiger partial charge >= 0.3 is 0 Å². The number of carbonyl (C=O) groups excluding carboxylic acids is 1. The van der Waals surface area contributed by atoms with Crippen molar-refractivity contribution in [2.24, 2.45) is 0 Å². The monoisotopic (exact) mass is 359 g/mol. The Kier molecular flexibility index (Phi) is 5.41. The second-order valence-corrected chi connectivity index (χ2v) is 8.07. The topological polar surface area (TPSA) is 29.5 Å². The van der Waals surface area contributed by atoms with E-state index in [-0.39, 0.29) is 5.91 Å². The maximum Gasteiger partial charge on any atom is 0.262 e. The lowest BCUT2D eigenvalue weighted by atomic mass is 10.1. The molecular formula is C19H21NO2S2. The minimum Gasteiger partial charge on any atom is -0.496 e. The summed E-state index contributed by atoms with van der Waals surface area (Å²) in [4.78, 5) is 17.4. The van der Waals surface area contributed by atoms with E-state index in [0.717, 1.165) is 28.4 Å². The molecule has 0 spiro atoms. The third-order valence-electron chi connectivity index (χ3n) is 4.13. The second-order valence-electron chi connectivity index (χ2n) is 5.71. The van der Waals surface area contributed by atoms with Crippen molar-refractivity contribution < 1.29 is 9.53 Å². The number of anilines is 1.